The highest BCUT2D eigenvalue weighted by molar-refractivity contribution is 5.32. The zero-order chi connectivity index (χ0) is 11.1. The largest absolute Gasteiger partial charge is 0.328 e. The Morgan fingerprint density at radius 1 is 0.867 bits per heavy atom. The Bertz CT molecular complexity index is 293. The Labute approximate surface area is 91.1 Å². The van der Waals surface area contributed by atoms with Gasteiger partial charge in [-0.05, 0) is 45.3 Å². The quantitative estimate of drug-likeness (QED) is 0.545. The summed E-state index contributed by atoms with van der Waals surface area (Å²) in [4.78, 5) is 0. The molecule has 0 unspecified atom stereocenters. The fourth-order valence-corrected chi connectivity index (χ4v) is 1.88. The molecule has 2 aliphatic rings. The van der Waals surface area contributed by atoms with Crippen LogP contribution in [0, 0.1) is 0 Å². The number of hydrazine groups is 2. The van der Waals surface area contributed by atoms with Crippen LogP contribution in [0.15, 0.2) is 23.5 Å². The van der Waals surface area contributed by atoms with Gasteiger partial charge in [-0.25, -0.2) is 10.9 Å². The Balaban J connectivity index is 2.10. The van der Waals surface area contributed by atoms with Crippen molar-refractivity contribution < 1.29 is 0 Å². The lowest BCUT2D eigenvalue weighted by Crippen LogP contribution is -2.43. The maximum Gasteiger partial charge on any atom is 0.0543 e. The average Bonchev–Trinajstić information content (AvgIpc) is 2.58. The summed E-state index contributed by atoms with van der Waals surface area (Å²) in [7, 11) is 0. The molecule has 0 saturated heterocycles. The smallest absolute Gasteiger partial charge is 0.0543 e. The monoisotopic (exact) mass is 208 g/mol. The van der Waals surface area contributed by atoms with Crippen LogP contribution in [0.4, 0.5) is 0 Å². The number of hydrogen-bond donors (Lipinski definition) is 4. The van der Waals surface area contributed by atoms with Gasteiger partial charge in [0, 0.05) is 12.4 Å². The number of hydrogen-bond acceptors (Lipinski definition) is 4. The van der Waals surface area contributed by atoms with Crippen LogP contribution in [-0.4, -0.2) is 11.1 Å². The maximum atomic E-state index is 3.24. The summed E-state index contributed by atoms with van der Waals surface area (Å²) in [5.41, 5.74) is 15.5. The molecule has 0 aromatic heterocycles. The van der Waals surface area contributed by atoms with Crippen molar-refractivity contribution in [2.45, 2.75) is 45.2 Å². The van der Waals surface area contributed by atoms with Gasteiger partial charge in [0.05, 0.1) is 11.1 Å². The molecule has 0 atom stereocenters. The van der Waals surface area contributed by atoms with E-state index in [1.165, 1.54) is 11.1 Å². The van der Waals surface area contributed by atoms with Crippen LogP contribution in [0.5, 0.6) is 0 Å². The summed E-state index contributed by atoms with van der Waals surface area (Å²) >= 11 is 0. The van der Waals surface area contributed by atoms with Crippen molar-refractivity contribution in [3.8, 4) is 0 Å². The first-order chi connectivity index (χ1) is 6.92. The Kier molecular flexibility index (Phi) is 2.28. The fraction of sp³-hybridized carbons (Fsp3) is 0.636. The molecular weight excluding hydrogens is 188 g/mol. The molecule has 84 valence electrons. The molecule has 2 heterocycles. The second kappa shape index (κ2) is 3.25. The topological polar surface area (TPSA) is 48.1 Å². The highest BCUT2D eigenvalue weighted by Gasteiger charge is 2.33. The molecule has 0 aromatic carbocycles. The molecule has 15 heavy (non-hydrogen) atoms. The third kappa shape index (κ3) is 1.87. The number of nitrogens with one attached hydrogen (secondary N) is 4. The minimum Gasteiger partial charge on any atom is -0.328 e. The molecule has 0 radical (unpaired) electrons. The van der Waals surface area contributed by atoms with Gasteiger partial charge in [-0.3, -0.25) is 0 Å². The SMILES string of the molecule is CC1(C)NNC=C1CC1=CNNC1(C)C. The maximum absolute atomic E-state index is 3.24. The summed E-state index contributed by atoms with van der Waals surface area (Å²) in [6.45, 7) is 8.73. The van der Waals surface area contributed by atoms with E-state index in [4.69, 9.17) is 0 Å². The van der Waals surface area contributed by atoms with Crippen LogP contribution in [0.3, 0.4) is 0 Å². The van der Waals surface area contributed by atoms with E-state index in [1.54, 1.807) is 0 Å². The molecule has 0 spiro atoms. The lowest BCUT2D eigenvalue weighted by Gasteiger charge is -2.27. The van der Waals surface area contributed by atoms with Gasteiger partial charge < -0.3 is 10.9 Å². The van der Waals surface area contributed by atoms with Gasteiger partial charge in [0.1, 0.15) is 0 Å². The number of rotatable bonds is 2. The summed E-state index contributed by atoms with van der Waals surface area (Å²) in [6, 6.07) is 0. The van der Waals surface area contributed by atoms with Gasteiger partial charge in [0.15, 0.2) is 0 Å². The molecule has 0 saturated carbocycles. The normalized spacial score (nSPS) is 26.7. The van der Waals surface area contributed by atoms with E-state index in [1.807, 2.05) is 0 Å². The molecule has 0 aromatic rings. The van der Waals surface area contributed by atoms with E-state index < -0.39 is 0 Å². The summed E-state index contributed by atoms with van der Waals surface area (Å²) in [5, 5.41) is 0. The van der Waals surface area contributed by atoms with E-state index in [0.717, 1.165) is 6.42 Å². The average molecular weight is 208 g/mol. The molecule has 0 fully saturated rings. The Morgan fingerprint density at radius 3 is 1.53 bits per heavy atom. The lowest BCUT2D eigenvalue weighted by molar-refractivity contribution is 0.430. The van der Waals surface area contributed by atoms with Gasteiger partial charge in [-0.15, -0.1) is 0 Å². The van der Waals surface area contributed by atoms with E-state index in [0.29, 0.717) is 0 Å². The second-order valence-corrected chi connectivity index (χ2v) is 5.30. The third-order valence-corrected chi connectivity index (χ3v) is 3.25. The molecule has 0 bridgehead atoms. The van der Waals surface area contributed by atoms with Crippen molar-refractivity contribution in [2.75, 3.05) is 0 Å². The van der Waals surface area contributed by atoms with E-state index in [-0.39, 0.29) is 11.1 Å². The molecular formula is C11H20N4. The first-order valence-electron chi connectivity index (χ1n) is 5.36. The summed E-state index contributed by atoms with van der Waals surface area (Å²) in [6.07, 6.45) is 5.12. The van der Waals surface area contributed by atoms with E-state index in [2.05, 4.69) is 61.8 Å². The highest BCUT2D eigenvalue weighted by Crippen LogP contribution is 2.30. The van der Waals surface area contributed by atoms with Crippen LogP contribution < -0.4 is 21.7 Å². The van der Waals surface area contributed by atoms with Gasteiger partial charge in [-0.1, -0.05) is 0 Å². The molecule has 0 amide bonds. The highest BCUT2D eigenvalue weighted by atomic mass is 15.4. The van der Waals surface area contributed by atoms with E-state index >= 15 is 0 Å². The second-order valence-electron chi connectivity index (χ2n) is 5.30. The third-order valence-electron chi connectivity index (χ3n) is 3.25. The summed E-state index contributed by atoms with van der Waals surface area (Å²) < 4.78 is 0. The molecule has 0 aliphatic carbocycles. The van der Waals surface area contributed by atoms with Crippen LogP contribution in [-0.2, 0) is 0 Å². The molecule has 2 rings (SSSR count). The standard InChI is InChI=1S/C11H20N4/c1-10(2)8(6-12-14-10)5-9-7-13-15-11(9,3)4/h6-7,12-15H,5H2,1-4H3. The molecule has 2 aliphatic heterocycles. The van der Waals surface area contributed by atoms with Crippen molar-refractivity contribution in [3.63, 3.8) is 0 Å². The van der Waals surface area contributed by atoms with Gasteiger partial charge in [-0.2, -0.15) is 0 Å². The van der Waals surface area contributed by atoms with Crippen molar-refractivity contribution in [1.29, 1.82) is 0 Å². The molecule has 4 nitrogen and oxygen atoms in total. The van der Waals surface area contributed by atoms with E-state index in [9.17, 15) is 0 Å². The van der Waals surface area contributed by atoms with Gasteiger partial charge in [0.2, 0.25) is 0 Å². The minimum absolute atomic E-state index is 0.0412. The van der Waals surface area contributed by atoms with Crippen molar-refractivity contribution in [2.24, 2.45) is 0 Å². The predicted molar refractivity (Wildman–Crippen MR) is 61.5 cm³/mol. The summed E-state index contributed by atoms with van der Waals surface area (Å²) in [5.74, 6) is 0. The van der Waals surface area contributed by atoms with Crippen molar-refractivity contribution >= 4 is 0 Å². The van der Waals surface area contributed by atoms with Crippen LogP contribution in [0.2, 0.25) is 0 Å². The Hall–Kier alpha value is -1.00. The minimum atomic E-state index is 0.0412. The fourth-order valence-electron chi connectivity index (χ4n) is 1.88. The lowest BCUT2D eigenvalue weighted by atomic mass is 9.85. The first kappa shape index (κ1) is 10.5. The Morgan fingerprint density at radius 2 is 1.27 bits per heavy atom. The zero-order valence-electron chi connectivity index (χ0n) is 9.86. The van der Waals surface area contributed by atoms with Crippen LogP contribution in [0.1, 0.15) is 34.1 Å². The van der Waals surface area contributed by atoms with Gasteiger partial charge >= 0.3 is 0 Å². The predicted octanol–water partition coefficient (Wildman–Crippen LogP) is 0.917. The van der Waals surface area contributed by atoms with Crippen molar-refractivity contribution in [3.05, 3.63) is 23.5 Å². The van der Waals surface area contributed by atoms with Crippen LogP contribution in [0.25, 0.3) is 0 Å². The van der Waals surface area contributed by atoms with Crippen LogP contribution >= 0.6 is 0 Å². The first-order valence-corrected chi connectivity index (χ1v) is 5.36. The van der Waals surface area contributed by atoms with Crippen molar-refractivity contribution in [1.82, 2.24) is 21.7 Å². The zero-order valence-corrected chi connectivity index (χ0v) is 9.86. The van der Waals surface area contributed by atoms with Gasteiger partial charge in [0.25, 0.3) is 0 Å². The molecule has 4 heteroatoms. The molecule has 4 N–H and O–H groups in total.